The number of aryl methyl sites for hydroxylation is 1. The Morgan fingerprint density at radius 1 is 0.914 bits per heavy atom. The van der Waals surface area contributed by atoms with Crippen molar-refractivity contribution in [1.29, 1.82) is 0 Å². The van der Waals surface area contributed by atoms with Gasteiger partial charge < -0.3 is 28.8 Å². The Hall–Kier alpha value is -3.94. The van der Waals surface area contributed by atoms with E-state index in [1.165, 1.54) is 0 Å². The summed E-state index contributed by atoms with van der Waals surface area (Å²) < 4.78 is 27.8. The quantitative estimate of drug-likeness (QED) is 0.533. The van der Waals surface area contributed by atoms with Crippen LogP contribution in [-0.4, -0.2) is 39.4 Å². The third-order valence-corrected chi connectivity index (χ3v) is 6.89. The Morgan fingerprint density at radius 3 is 2.31 bits per heavy atom. The molecule has 5 rings (SSSR count). The highest BCUT2D eigenvalue weighted by molar-refractivity contribution is 6.02. The van der Waals surface area contributed by atoms with E-state index in [4.69, 9.17) is 23.5 Å². The molecule has 0 amide bonds. The lowest BCUT2D eigenvalue weighted by Gasteiger charge is -2.35. The summed E-state index contributed by atoms with van der Waals surface area (Å²) in [6.45, 7) is 1.88. The van der Waals surface area contributed by atoms with E-state index in [-0.39, 0.29) is 11.7 Å². The number of rotatable bonds is 6. The minimum absolute atomic E-state index is 0.0400. The highest BCUT2D eigenvalue weighted by Gasteiger charge is 2.42. The third-order valence-electron chi connectivity index (χ3n) is 6.89. The van der Waals surface area contributed by atoms with E-state index in [0.717, 1.165) is 28.1 Å². The highest BCUT2D eigenvalue weighted by Crippen LogP contribution is 2.53. The second kappa shape index (κ2) is 9.02. The molecule has 0 saturated heterocycles. The standard InChI is InChI=1S/C27H28N2O6/c1-14-22-23(18-10-11-21(32-3)26(34-5)25(18)33-4)24-19(28-27(22)35-29-14)12-16(13-20(24)30)15-6-8-17(31-2)9-7-15/h6-11,16,23,28H,12-13H2,1-5H3. The minimum atomic E-state index is -0.411. The summed E-state index contributed by atoms with van der Waals surface area (Å²) in [6, 6.07) is 11.6. The number of nitrogens with one attached hydrogen (secondary N) is 1. The summed E-state index contributed by atoms with van der Waals surface area (Å²) in [5.74, 6) is 2.58. The number of Topliss-reactive ketones (excluding diaryl/α,β-unsaturated/α-hetero) is 1. The molecule has 35 heavy (non-hydrogen) atoms. The molecule has 1 aliphatic heterocycles. The largest absolute Gasteiger partial charge is 0.497 e. The maximum atomic E-state index is 13.8. The lowest BCUT2D eigenvalue weighted by molar-refractivity contribution is -0.116. The fraction of sp³-hybridized carbons (Fsp3) is 0.333. The van der Waals surface area contributed by atoms with Gasteiger partial charge in [0.15, 0.2) is 17.3 Å². The normalized spacial score (nSPS) is 18.9. The van der Waals surface area contributed by atoms with Crippen molar-refractivity contribution in [1.82, 2.24) is 5.16 Å². The van der Waals surface area contributed by atoms with E-state index in [2.05, 4.69) is 10.5 Å². The molecule has 3 aromatic rings. The van der Waals surface area contributed by atoms with Crippen molar-refractivity contribution in [3.63, 3.8) is 0 Å². The van der Waals surface area contributed by atoms with Crippen LogP contribution in [0.5, 0.6) is 23.0 Å². The molecule has 2 aliphatic rings. The third kappa shape index (κ3) is 3.69. The number of carbonyl (C=O) groups is 1. The maximum Gasteiger partial charge on any atom is 0.233 e. The maximum absolute atomic E-state index is 13.8. The second-order valence-corrected chi connectivity index (χ2v) is 8.69. The summed E-state index contributed by atoms with van der Waals surface area (Å²) >= 11 is 0. The van der Waals surface area contributed by atoms with Crippen molar-refractivity contribution >= 4 is 11.7 Å². The van der Waals surface area contributed by atoms with Crippen LogP contribution in [0.2, 0.25) is 0 Å². The molecule has 0 radical (unpaired) electrons. The predicted octanol–water partition coefficient (Wildman–Crippen LogP) is 4.98. The SMILES string of the molecule is COc1ccc(C2CC(=O)C3=C(C2)Nc2onc(C)c2C3c2ccc(OC)c(OC)c2OC)cc1. The van der Waals surface area contributed by atoms with E-state index in [1.54, 1.807) is 28.4 Å². The van der Waals surface area contributed by atoms with Crippen molar-refractivity contribution in [3.05, 3.63) is 70.1 Å². The van der Waals surface area contributed by atoms with Crippen LogP contribution in [-0.2, 0) is 4.79 Å². The summed E-state index contributed by atoms with van der Waals surface area (Å²) in [6.07, 6.45) is 1.07. The lowest BCUT2D eigenvalue weighted by atomic mass is 9.72. The van der Waals surface area contributed by atoms with Crippen LogP contribution in [0.3, 0.4) is 0 Å². The number of methoxy groups -OCH3 is 4. The Balaban J connectivity index is 1.64. The molecule has 1 N–H and O–H groups in total. The van der Waals surface area contributed by atoms with Crippen LogP contribution in [0.25, 0.3) is 0 Å². The number of anilines is 1. The molecule has 0 spiro atoms. The average Bonchev–Trinajstić information content (AvgIpc) is 3.26. The first-order chi connectivity index (χ1) is 17.0. The van der Waals surface area contributed by atoms with Crippen molar-refractivity contribution in [2.45, 2.75) is 31.6 Å². The first kappa shape index (κ1) is 22.8. The molecule has 1 aliphatic carbocycles. The van der Waals surface area contributed by atoms with Gasteiger partial charge in [0.2, 0.25) is 11.6 Å². The fourth-order valence-electron chi connectivity index (χ4n) is 5.25. The van der Waals surface area contributed by atoms with Gasteiger partial charge in [-0.3, -0.25) is 4.79 Å². The number of allylic oxidation sites excluding steroid dienone is 2. The van der Waals surface area contributed by atoms with Crippen LogP contribution in [0, 0.1) is 6.92 Å². The number of aromatic nitrogens is 1. The van der Waals surface area contributed by atoms with E-state index < -0.39 is 5.92 Å². The number of ether oxygens (including phenoxy) is 4. The van der Waals surface area contributed by atoms with Gasteiger partial charge >= 0.3 is 0 Å². The van der Waals surface area contributed by atoms with Crippen molar-refractivity contribution < 1.29 is 28.3 Å². The van der Waals surface area contributed by atoms with Crippen LogP contribution >= 0.6 is 0 Å². The number of hydrogen-bond acceptors (Lipinski definition) is 8. The molecule has 0 saturated carbocycles. The van der Waals surface area contributed by atoms with Gasteiger partial charge in [0, 0.05) is 23.3 Å². The summed E-state index contributed by atoms with van der Waals surface area (Å²) in [5.41, 5.74) is 4.97. The topological polar surface area (TPSA) is 92.1 Å². The Kier molecular flexibility index (Phi) is 5.88. The zero-order valence-corrected chi connectivity index (χ0v) is 20.4. The summed E-state index contributed by atoms with van der Waals surface area (Å²) in [7, 11) is 6.37. The Bertz CT molecular complexity index is 1310. The van der Waals surface area contributed by atoms with Gasteiger partial charge in [-0.1, -0.05) is 23.4 Å². The predicted molar refractivity (Wildman–Crippen MR) is 130 cm³/mol. The van der Waals surface area contributed by atoms with Crippen LogP contribution in [0.4, 0.5) is 5.88 Å². The Morgan fingerprint density at radius 2 is 1.66 bits per heavy atom. The molecule has 1 aromatic heterocycles. The van der Waals surface area contributed by atoms with Gasteiger partial charge in [0.05, 0.1) is 45.6 Å². The number of hydrogen-bond donors (Lipinski definition) is 1. The van der Waals surface area contributed by atoms with E-state index in [1.807, 2.05) is 43.3 Å². The molecule has 2 aromatic carbocycles. The van der Waals surface area contributed by atoms with Crippen molar-refractivity contribution in [3.8, 4) is 23.0 Å². The summed E-state index contributed by atoms with van der Waals surface area (Å²) in [4.78, 5) is 13.8. The first-order valence-electron chi connectivity index (χ1n) is 11.4. The molecule has 2 unspecified atom stereocenters. The molecule has 0 bridgehead atoms. The van der Waals surface area contributed by atoms with Gasteiger partial charge in [-0.2, -0.15) is 0 Å². The zero-order valence-electron chi connectivity index (χ0n) is 20.4. The lowest BCUT2D eigenvalue weighted by Crippen LogP contribution is -2.29. The molecular weight excluding hydrogens is 448 g/mol. The van der Waals surface area contributed by atoms with Gasteiger partial charge in [0.1, 0.15) is 5.75 Å². The highest BCUT2D eigenvalue weighted by atomic mass is 16.5. The monoisotopic (exact) mass is 476 g/mol. The van der Waals surface area contributed by atoms with Gasteiger partial charge in [0.25, 0.3) is 0 Å². The number of nitrogens with zero attached hydrogens (tertiary/aromatic N) is 1. The molecule has 0 fully saturated rings. The van der Waals surface area contributed by atoms with E-state index in [9.17, 15) is 4.79 Å². The van der Waals surface area contributed by atoms with Crippen LogP contribution < -0.4 is 24.3 Å². The Labute approximate surface area is 203 Å². The molecule has 2 heterocycles. The van der Waals surface area contributed by atoms with Gasteiger partial charge in [-0.25, -0.2) is 0 Å². The smallest absolute Gasteiger partial charge is 0.233 e. The van der Waals surface area contributed by atoms with Crippen molar-refractivity contribution in [2.75, 3.05) is 33.8 Å². The van der Waals surface area contributed by atoms with Crippen LogP contribution in [0.1, 0.15) is 47.1 Å². The number of carbonyl (C=O) groups excluding carboxylic acids is 1. The molecular formula is C27H28N2O6. The first-order valence-corrected chi connectivity index (χ1v) is 11.4. The number of ketones is 1. The fourth-order valence-corrected chi connectivity index (χ4v) is 5.25. The minimum Gasteiger partial charge on any atom is -0.497 e. The molecule has 182 valence electrons. The van der Waals surface area contributed by atoms with Gasteiger partial charge in [-0.05, 0) is 43.0 Å². The van der Waals surface area contributed by atoms with E-state index in [0.29, 0.717) is 47.2 Å². The zero-order chi connectivity index (χ0) is 24.7. The molecule has 8 nitrogen and oxygen atoms in total. The van der Waals surface area contributed by atoms with Crippen molar-refractivity contribution in [2.24, 2.45) is 0 Å². The number of fused-ring (bicyclic) bond motifs is 1. The average molecular weight is 477 g/mol. The van der Waals surface area contributed by atoms with Crippen LogP contribution in [0.15, 0.2) is 52.2 Å². The summed E-state index contributed by atoms with van der Waals surface area (Å²) in [5, 5.41) is 7.57. The molecule has 2 atom stereocenters. The van der Waals surface area contributed by atoms with E-state index >= 15 is 0 Å². The number of benzene rings is 2. The second-order valence-electron chi connectivity index (χ2n) is 8.69. The van der Waals surface area contributed by atoms with Gasteiger partial charge in [-0.15, -0.1) is 0 Å². The molecule has 8 heteroatoms.